The number of para-hydroxylation sites is 2. The summed E-state index contributed by atoms with van der Waals surface area (Å²) in [7, 11) is 1.94. The quantitative estimate of drug-likeness (QED) is 0.681. The normalized spacial score (nSPS) is 16.2. The van der Waals surface area contributed by atoms with Crippen LogP contribution in [-0.4, -0.2) is 7.05 Å². The molecule has 0 amide bonds. The van der Waals surface area contributed by atoms with Gasteiger partial charge in [0.05, 0.1) is 5.69 Å². The average molecular weight is 265 g/mol. The van der Waals surface area contributed by atoms with Gasteiger partial charge >= 0.3 is 0 Å². The fraction of sp³-hybridized carbons (Fsp3) is 0.333. The minimum Gasteiger partial charge on any atom is -0.454 e. The van der Waals surface area contributed by atoms with Gasteiger partial charge in [-0.05, 0) is 30.4 Å². The maximum Gasteiger partial charge on any atom is 0.158 e. The molecule has 102 valence electrons. The van der Waals surface area contributed by atoms with Crippen molar-refractivity contribution in [3.63, 3.8) is 0 Å². The van der Waals surface area contributed by atoms with E-state index in [9.17, 15) is 0 Å². The van der Waals surface area contributed by atoms with Crippen molar-refractivity contribution in [2.75, 3.05) is 12.4 Å². The predicted molar refractivity (Wildman–Crippen MR) is 84.5 cm³/mol. The van der Waals surface area contributed by atoms with Crippen LogP contribution in [0.2, 0.25) is 0 Å². The molecule has 1 heterocycles. The van der Waals surface area contributed by atoms with Gasteiger partial charge in [-0.2, -0.15) is 0 Å². The van der Waals surface area contributed by atoms with Crippen molar-refractivity contribution in [2.45, 2.75) is 31.6 Å². The summed E-state index contributed by atoms with van der Waals surface area (Å²) in [5.74, 6) is 0.678. The molecule has 1 aromatic heterocycles. The lowest BCUT2D eigenvalue weighted by molar-refractivity contribution is 0.644. The number of hydrogen-bond donors (Lipinski definition) is 1. The van der Waals surface area contributed by atoms with Gasteiger partial charge < -0.3 is 9.73 Å². The molecule has 20 heavy (non-hydrogen) atoms. The van der Waals surface area contributed by atoms with Crippen LogP contribution >= 0.6 is 0 Å². The number of fused-ring (bicyclic) bond motifs is 3. The zero-order valence-corrected chi connectivity index (χ0v) is 11.8. The molecule has 1 saturated carbocycles. The summed E-state index contributed by atoms with van der Waals surface area (Å²) in [4.78, 5) is 0. The molecular weight excluding hydrogens is 246 g/mol. The van der Waals surface area contributed by atoms with Gasteiger partial charge in [-0.15, -0.1) is 0 Å². The van der Waals surface area contributed by atoms with E-state index in [1.54, 1.807) is 0 Å². The van der Waals surface area contributed by atoms with E-state index in [0.717, 1.165) is 16.9 Å². The zero-order valence-electron chi connectivity index (χ0n) is 11.8. The van der Waals surface area contributed by atoms with Crippen molar-refractivity contribution >= 4 is 27.6 Å². The Morgan fingerprint density at radius 3 is 2.40 bits per heavy atom. The lowest BCUT2D eigenvalue weighted by atomic mass is 9.95. The van der Waals surface area contributed by atoms with Crippen molar-refractivity contribution in [1.82, 2.24) is 0 Å². The van der Waals surface area contributed by atoms with Crippen molar-refractivity contribution in [2.24, 2.45) is 0 Å². The summed E-state index contributed by atoms with van der Waals surface area (Å²) >= 11 is 0. The molecule has 0 atom stereocenters. The van der Waals surface area contributed by atoms with Crippen LogP contribution in [0.25, 0.3) is 21.9 Å². The molecule has 4 rings (SSSR count). The second-order valence-corrected chi connectivity index (χ2v) is 5.74. The van der Waals surface area contributed by atoms with Gasteiger partial charge in [0.15, 0.2) is 5.58 Å². The SMILES string of the molecule is CNc1cccc2c1oc1c(C3CCCC3)cccc12. The van der Waals surface area contributed by atoms with Crippen LogP contribution in [0.15, 0.2) is 40.8 Å². The van der Waals surface area contributed by atoms with Crippen LogP contribution in [0, 0.1) is 0 Å². The van der Waals surface area contributed by atoms with Crippen LogP contribution in [0.1, 0.15) is 37.2 Å². The Bertz CT molecular complexity index is 766. The van der Waals surface area contributed by atoms with Crippen LogP contribution in [0.3, 0.4) is 0 Å². The molecule has 0 spiro atoms. The van der Waals surface area contributed by atoms with Gasteiger partial charge in [-0.25, -0.2) is 0 Å². The van der Waals surface area contributed by atoms with E-state index in [1.807, 2.05) is 7.05 Å². The number of rotatable bonds is 2. The third-order valence-electron chi connectivity index (χ3n) is 4.62. The topological polar surface area (TPSA) is 25.2 Å². The largest absolute Gasteiger partial charge is 0.454 e. The standard InChI is InChI=1S/C18H19NO/c1-19-16-11-5-10-15-14-9-4-8-13(12-6-2-3-7-12)17(14)20-18(15)16/h4-5,8-12,19H,2-3,6-7H2,1H3. The highest BCUT2D eigenvalue weighted by molar-refractivity contribution is 6.09. The summed E-state index contributed by atoms with van der Waals surface area (Å²) in [5, 5.41) is 5.69. The summed E-state index contributed by atoms with van der Waals surface area (Å²) in [6, 6.07) is 12.9. The van der Waals surface area contributed by atoms with Crippen LogP contribution in [0.5, 0.6) is 0 Å². The molecule has 0 saturated heterocycles. The molecule has 1 N–H and O–H groups in total. The number of furan rings is 1. The summed E-state index contributed by atoms with van der Waals surface area (Å²) < 4.78 is 6.26. The third kappa shape index (κ3) is 1.64. The average Bonchev–Trinajstić information content (AvgIpc) is 3.13. The lowest BCUT2D eigenvalue weighted by Gasteiger charge is -2.09. The van der Waals surface area contributed by atoms with Crippen LogP contribution < -0.4 is 5.32 Å². The number of anilines is 1. The van der Waals surface area contributed by atoms with E-state index in [1.165, 1.54) is 42.0 Å². The Morgan fingerprint density at radius 2 is 1.65 bits per heavy atom. The highest BCUT2D eigenvalue weighted by atomic mass is 16.3. The van der Waals surface area contributed by atoms with Gasteiger partial charge in [0, 0.05) is 17.8 Å². The summed E-state index contributed by atoms with van der Waals surface area (Å²) in [5.41, 5.74) is 4.54. The molecule has 0 radical (unpaired) electrons. The fourth-order valence-electron chi connectivity index (χ4n) is 3.60. The Morgan fingerprint density at radius 1 is 0.950 bits per heavy atom. The molecule has 1 aliphatic rings. The lowest BCUT2D eigenvalue weighted by Crippen LogP contribution is -1.91. The first kappa shape index (κ1) is 11.8. The highest BCUT2D eigenvalue weighted by Gasteiger charge is 2.22. The van der Waals surface area contributed by atoms with E-state index in [2.05, 4.69) is 41.7 Å². The highest BCUT2D eigenvalue weighted by Crippen LogP contribution is 2.41. The molecule has 2 nitrogen and oxygen atoms in total. The number of benzene rings is 2. The number of nitrogens with one attached hydrogen (secondary N) is 1. The second kappa shape index (κ2) is 4.55. The molecular formula is C18H19NO. The predicted octanol–water partition coefficient (Wildman–Crippen LogP) is 5.29. The molecule has 3 aromatic rings. The van der Waals surface area contributed by atoms with Gasteiger partial charge in [0.1, 0.15) is 5.58 Å². The first-order valence-corrected chi connectivity index (χ1v) is 7.50. The Labute approximate surface area is 118 Å². The van der Waals surface area contributed by atoms with Crippen molar-refractivity contribution in [3.05, 3.63) is 42.0 Å². The third-order valence-corrected chi connectivity index (χ3v) is 4.62. The summed E-state index contributed by atoms with van der Waals surface area (Å²) in [6.45, 7) is 0. The van der Waals surface area contributed by atoms with Gasteiger partial charge in [0.25, 0.3) is 0 Å². The molecule has 2 heteroatoms. The minimum absolute atomic E-state index is 0.678. The van der Waals surface area contributed by atoms with Crippen LogP contribution in [-0.2, 0) is 0 Å². The first-order valence-electron chi connectivity index (χ1n) is 7.50. The van der Waals surface area contributed by atoms with E-state index in [4.69, 9.17) is 4.42 Å². The minimum atomic E-state index is 0.678. The fourth-order valence-corrected chi connectivity index (χ4v) is 3.60. The summed E-state index contributed by atoms with van der Waals surface area (Å²) in [6.07, 6.45) is 5.30. The second-order valence-electron chi connectivity index (χ2n) is 5.74. The van der Waals surface area contributed by atoms with E-state index >= 15 is 0 Å². The van der Waals surface area contributed by atoms with E-state index in [-0.39, 0.29) is 0 Å². The molecule has 0 bridgehead atoms. The van der Waals surface area contributed by atoms with Crippen molar-refractivity contribution in [1.29, 1.82) is 0 Å². The molecule has 1 aliphatic carbocycles. The molecule has 1 fully saturated rings. The molecule has 0 unspecified atom stereocenters. The van der Waals surface area contributed by atoms with Gasteiger partial charge in [-0.3, -0.25) is 0 Å². The van der Waals surface area contributed by atoms with Crippen LogP contribution in [0.4, 0.5) is 5.69 Å². The van der Waals surface area contributed by atoms with E-state index in [0.29, 0.717) is 5.92 Å². The Balaban J connectivity index is 2.03. The number of hydrogen-bond acceptors (Lipinski definition) is 2. The molecule has 0 aliphatic heterocycles. The van der Waals surface area contributed by atoms with Crippen molar-refractivity contribution < 1.29 is 4.42 Å². The van der Waals surface area contributed by atoms with Gasteiger partial charge in [0.2, 0.25) is 0 Å². The first-order chi connectivity index (χ1) is 9.88. The zero-order chi connectivity index (χ0) is 13.5. The Kier molecular flexibility index (Phi) is 2.69. The maximum absolute atomic E-state index is 6.26. The smallest absolute Gasteiger partial charge is 0.158 e. The monoisotopic (exact) mass is 265 g/mol. The Hall–Kier alpha value is -1.96. The molecule has 2 aromatic carbocycles. The van der Waals surface area contributed by atoms with E-state index < -0.39 is 0 Å². The van der Waals surface area contributed by atoms with Gasteiger partial charge in [-0.1, -0.05) is 43.2 Å². The maximum atomic E-state index is 6.26. The van der Waals surface area contributed by atoms with Crippen molar-refractivity contribution in [3.8, 4) is 0 Å².